The SMILES string of the molecule is Cc1cccc(/C=C/C(=O)Oc2ccc3c(c2)CC[C@@H]2[C@@H]3CC[C@]3(C)C(=O)CC[C@@H]23)c1CC(=O)NC(C)(C)c1cn(-c2ccccc2)nn1. The smallest absolute Gasteiger partial charge is 0.336 e. The van der Waals surface area contributed by atoms with Crippen molar-refractivity contribution in [3.63, 3.8) is 0 Å². The molecule has 4 aromatic rings. The van der Waals surface area contributed by atoms with Gasteiger partial charge in [-0.05, 0) is 129 Å². The van der Waals surface area contributed by atoms with Crippen LogP contribution in [-0.4, -0.2) is 32.7 Å². The lowest BCUT2D eigenvalue weighted by atomic mass is 9.55. The first kappa shape index (κ1) is 32.7. The van der Waals surface area contributed by atoms with Crippen LogP contribution in [0.1, 0.15) is 92.3 Å². The number of esters is 1. The molecule has 1 N–H and O–H groups in total. The highest BCUT2D eigenvalue weighted by molar-refractivity contribution is 5.90. The van der Waals surface area contributed by atoms with E-state index in [2.05, 4.69) is 28.6 Å². The Bertz CT molecular complexity index is 1940. The fourth-order valence-electron chi connectivity index (χ4n) is 8.70. The standard InChI is InChI=1S/C41H44N4O4/c1-26-9-8-10-27(34(26)24-38(47)42-40(2,3)36-25-45(44-43-36)29-11-6-5-7-12-29)14-20-39(48)49-30-15-17-31-28(23-30)13-16-33-32(31)21-22-41(4)35(33)18-19-37(41)46/h5-12,14-15,17,20,23,25,32-33,35H,13,16,18-19,21-22,24H2,1-4H3,(H,42,47)/b20-14+/t32-,33-,35+,41+/m1/s1. The minimum absolute atomic E-state index is 0.136. The topological polar surface area (TPSA) is 103 Å². The Morgan fingerprint density at radius 2 is 1.86 bits per heavy atom. The van der Waals surface area contributed by atoms with E-state index in [-0.39, 0.29) is 17.7 Å². The third-order valence-electron chi connectivity index (χ3n) is 11.4. The third kappa shape index (κ3) is 6.36. The Balaban J connectivity index is 0.996. The molecule has 1 heterocycles. The van der Waals surface area contributed by atoms with E-state index in [9.17, 15) is 14.4 Å². The van der Waals surface area contributed by atoms with Crippen molar-refractivity contribution in [2.24, 2.45) is 17.3 Å². The van der Waals surface area contributed by atoms with E-state index in [1.807, 2.05) is 87.6 Å². The van der Waals surface area contributed by atoms with Crippen LogP contribution in [0, 0.1) is 24.2 Å². The number of hydrogen-bond donors (Lipinski definition) is 1. The highest BCUT2D eigenvalue weighted by Crippen LogP contribution is 2.59. The van der Waals surface area contributed by atoms with Gasteiger partial charge in [-0.15, -0.1) is 5.10 Å². The van der Waals surface area contributed by atoms with E-state index in [0.717, 1.165) is 60.9 Å². The van der Waals surface area contributed by atoms with E-state index in [0.29, 0.717) is 35.0 Å². The molecular weight excluding hydrogens is 612 g/mol. The number of carbonyl (C=O) groups is 3. The Morgan fingerprint density at radius 1 is 1.04 bits per heavy atom. The zero-order valence-corrected chi connectivity index (χ0v) is 28.7. The average Bonchev–Trinajstić information content (AvgIpc) is 3.71. The zero-order valence-electron chi connectivity index (χ0n) is 28.7. The van der Waals surface area contributed by atoms with E-state index < -0.39 is 11.5 Å². The fraction of sp³-hybridized carbons (Fsp3) is 0.390. The number of para-hydroxylation sites is 1. The second kappa shape index (κ2) is 12.9. The number of aromatic nitrogens is 3. The molecule has 4 atom stereocenters. The molecule has 0 unspecified atom stereocenters. The Labute approximate surface area is 288 Å². The van der Waals surface area contributed by atoms with Crippen LogP contribution < -0.4 is 10.1 Å². The number of carbonyl (C=O) groups excluding carboxylic acids is 3. The summed E-state index contributed by atoms with van der Waals surface area (Å²) in [5.41, 5.74) is 5.83. The van der Waals surface area contributed by atoms with Gasteiger partial charge in [-0.3, -0.25) is 9.59 Å². The van der Waals surface area contributed by atoms with Gasteiger partial charge in [0.15, 0.2) is 0 Å². The third-order valence-corrected chi connectivity index (χ3v) is 11.4. The summed E-state index contributed by atoms with van der Waals surface area (Å²) in [7, 11) is 0. The normalized spacial score (nSPS) is 23.1. The quantitative estimate of drug-likeness (QED) is 0.122. The van der Waals surface area contributed by atoms with Gasteiger partial charge in [0.2, 0.25) is 5.91 Å². The first-order valence-electron chi connectivity index (χ1n) is 17.5. The molecule has 252 valence electrons. The monoisotopic (exact) mass is 656 g/mol. The van der Waals surface area contributed by atoms with Gasteiger partial charge in [0.05, 0.1) is 23.8 Å². The summed E-state index contributed by atoms with van der Waals surface area (Å²) >= 11 is 0. The predicted octanol–water partition coefficient (Wildman–Crippen LogP) is 7.21. The van der Waals surface area contributed by atoms with Crippen LogP contribution >= 0.6 is 0 Å². The van der Waals surface area contributed by atoms with Gasteiger partial charge in [-0.1, -0.05) is 54.6 Å². The average molecular weight is 657 g/mol. The lowest BCUT2D eigenvalue weighted by Crippen LogP contribution is -2.42. The largest absolute Gasteiger partial charge is 0.423 e. The second-order valence-electron chi connectivity index (χ2n) is 14.8. The molecular formula is C41H44N4O4. The molecule has 8 heteroatoms. The molecule has 0 saturated heterocycles. The van der Waals surface area contributed by atoms with Crippen molar-refractivity contribution >= 4 is 23.7 Å². The molecule has 1 aromatic heterocycles. The van der Waals surface area contributed by atoms with E-state index in [4.69, 9.17) is 4.74 Å². The summed E-state index contributed by atoms with van der Waals surface area (Å²) in [6.07, 6.45) is 10.9. The van der Waals surface area contributed by atoms with Crippen molar-refractivity contribution in [3.8, 4) is 11.4 Å². The van der Waals surface area contributed by atoms with Crippen LogP contribution in [0.15, 0.2) is 79.0 Å². The van der Waals surface area contributed by atoms with Gasteiger partial charge < -0.3 is 10.1 Å². The molecule has 7 rings (SSSR count). The van der Waals surface area contributed by atoms with Crippen molar-refractivity contribution in [2.45, 2.75) is 84.1 Å². The number of ketones is 1. The number of aryl methyl sites for hydroxylation is 2. The molecule has 8 nitrogen and oxygen atoms in total. The Hall–Kier alpha value is -4.85. The highest BCUT2D eigenvalue weighted by atomic mass is 16.5. The van der Waals surface area contributed by atoms with Crippen LogP contribution in [0.3, 0.4) is 0 Å². The first-order valence-corrected chi connectivity index (χ1v) is 17.5. The molecule has 0 aliphatic heterocycles. The second-order valence-corrected chi connectivity index (χ2v) is 14.8. The van der Waals surface area contributed by atoms with Gasteiger partial charge in [-0.2, -0.15) is 0 Å². The Kier molecular flexibility index (Phi) is 8.59. The number of ether oxygens (including phenoxy) is 1. The van der Waals surface area contributed by atoms with Crippen LogP contribution in [0.5, 0.6) is 5.75 Å². The van der Waals surface area contributed by atoms with Crippen molar-refractivity contribution in [1.82, 2.24) is 20.3 Å². The molecule has 3 aliphatic rings. The maximum Gasteiger partial charge on any atom is 0.336 e. The lowest BCUT2D eigenvalue weighted by Gasteiger charge is -2.48. The molecule has 3 aromatic carbocycles. The summed E-state index contributed by atoms with van der Waals surface area (Å²) in [5.74, 6) is 1.89. The Morgan fingerprint density at radius 3 is 2.67 bits per heavy atom. The fourth-order valence-corrected chi connectivity index (χ4v) is 8.70. The van der Waals surface area contributed by atoms with Crippen LogP contribution in [0.25, 0.3) is 11.8 Å². The highest BCUT2D eigenvalue weighted by Gasteiger charge is 2.54. The summed E-state index contributed by atoms with van der Waals surface area (Å²) in [4.78, 5) is 39.0. The molecule has 49 heavy (non-hydrogen) atoms. The number of nitrogens with zero attached hydrogens (tertiary/aromatic N) is 3. The minimum Gasteiger partial charge on any atom is -0.423 e. The maximum atomic E-state index is 13.4. The van der Waals surface area contributed by atoms with Gasteiger partial charge in [0.1, 0.15) is 17.2 Å². The van der Waals surface area contributed by atoms with E-state index in [1.165, 1.54) is 17.2 Å². The van der Waals surface area contributed by atoms with E-state index in [1.54, 1.807) is 10.8 Å². The van der Waals surface area contributed by atoms with Crippen molar-refractivity contribution in [1.29, 1.82) is 0 Å². The number of benzene rings is 3. The van der Waals surface area contributed by atoms with E-state index >= 15 is 0 Å². The number of hydrogen-bond acceptors (Lipinski definition) is 6. The summed E-state index contributed by atoms with van der Waals surface area (Å²) in [6, 6.07) is 21.5. The molecule has 0 bridgehead atoms. The lowest BCUT2D eigenvalue weighted by molar-refractivity contribution is -0.129. The molecule has 2 saturated carbocycles. The number of nitrogens with one attached hydrogen (secondary N) is 1. The molecule has 1 amide bonds. The number of Topliss-reactive ketones (excluding diaryl/α,β-unsaturated/α-hetero) is 1. The molecule has 3 aliphatic carbocycles. The van der Waals surface area contributed by atoms with Crippen molar-refractivity contribution in [2.75, 3.05) is 0 Å². The molecule has 2 fully saturated rings. The predicted molar refractivity (Wildman–Crippen MR) is 188 cm³/mol. The van der Waals surface area contributed by atoms with Crippen molar-refractivity contribution < 1.29 is 19.1 Å². The van der Waals surface area contributed by atoms with Gasteiger partial charge in [0, 0.05) is 17.9 Å². The van der Waals surface area contributed by atoms with Crippen LogP contribution in [-0.2, 0) is 32.8 Å². The first-order chi connectivity index (χ1) is 23.5. The van der Waals surface area contributed by atoms with Gasteiger partial charge in [0.25, 0.3) is 0 Å². The number of rotatable bonds is 8. The van der Waals surface area contributed by atoms with Crippen molar-refractivity contribution in [3.05, 3.63) is 113 Å². The van der Waals surface area contributed by atoms with Crippen LogP contribution in [0.4, 0.5) is 0 Å². The minimum atomic E-state index is -0.754. The zero-order chi connectivity index (χ0) is 34.3. The van der Waals surface area contributed by atoms with Crippen LogP contribution in [0.2, 0.25) is 0 Å². The number of fused-ring (bicyclic) bond motifs is 5. The maximum absolute atomic E-state index is 13.4. The molecule has 0 radical (unpaired) electrons. The van der Waals surface area contributed by atoms with Gasteiger partial charge in [-0.25, -0.2) is 9.48 Å². The molecule has 0 spiro atoms. The van der Waals surface area contributed by atoms with Gasteiger partial charge >= 0.3 is 5.97 Å². The summed E-state index contributed by atoms with van der Waals surface area (Å²) < 4.78 is 7.46. The number of amides is 1. The summed E-state index contributed by atoms with van der Waals surface area (Å²) in [5, 5.41) is 11.7. The summed E-state index contributed by atoms with van der Waals surface area (Å²) in [6.45, 7) is 7.97.